The molecule has 0 amide bonds. The van der Waals surface area contributed by atoms with E-state index in [0.29, 0.717) is 17.5 Å². The third-order valence-electron chi connectivity index (χ3n) is 9.51. The van der Waals surface area contributed by atoms with Gasteiger partial charge in [-0.05, 0) is 67.7 Å². The fourth-order valence-corrected chi connectivity index (χ4v) is 7.12. The Balaban J connectivity index is 1.21. The second-order valence-electron chi connectivity index (χ2n) is 12.4. The summed E-state index contributed by atoms with van der Waals surface area (Å²) in [7, 11) is 0. The molecule has 0 aliphatic rings. The largest absolute Gasteiger partial charge is 0.456 e. The predicted molar refractivity (Wildman–Crippen MR) is 201 cm³/mol. The molecule has 0 aliphatic heterocycles. The molecule has 10 rings (SSSR count). The van der Waals surface area contributed by atoms with E-state index in [4.69, 9.17) is 19.4 Å². The number of aromatic nitrogens is 3. The van der Waals surface area contributed by atoms with E-state index in [1.807, 2.05) is 48.5 Å². The van der Waals surface area contributed by atoms with Crippen molar-refractivity contribution >= 4 is 54.3 Å². The van der Waals surface area contributed by atoms with Gasteiger partial charge in [0, 0.05) is 27.5 Å². The Morgan fingerprint density at radius 1 is 0.327 bits per heavy atom. The van der Waals surface area contributed by atoms with Crippen LogP contribution in [0.5, 0.6) is 0 Å². The lowest BCUT2D eigenvalue weighted by molar-refractivity contribution is 0.669. The summed E-state index contributed by atoms with van der Waals surface area (Å²) in [4.78, 5) is 15.4. The standard InChI is InChI=1S/C45H27N3O/c1-3-10-28(11-4-1)32-22-25-40-39(26-32)42-37(16-9-17-41(42)49-40)45-47-43(31-13-5-2-6-14-31)46-44(48-45)33-19-18-30-21-23-35-34-15-8-7-12-29(34)20-24-36(35)38(30)27-33/h1-27H. The maximum Gasteiger partial charge on any atom is 0.164 e. The van der Waals surface area contributed by atoms with Gasteiger partial charge in [-0.25, -0.2) is 15.0 Å². The number of hydrogen-bond acceptors (Lipinski definition) is 4. The van der Waals surface area contributed by atoms with Crippen LogP contribution in [0.4, 0.5) is 0 Å². The normalized spacial score (nSPS) is 11.7. The highest BCUT2D eigenvalue weighted by molar-refractivity contribution is 6.18. The van der Waals surface area contributed by atoms with Gasteiger partial charge in [0.1, 0.15) is 11.2 Å². The van der Waals surface area contributed by atoms with Gasteiger partial charge < -0.3 is 4.42 Å². The number of hydrogen-bond donors (Lipinski definition) is 0. The van der Waals surface area contributed by atoms with Crippen molar-refractivity contribution in [2.75, 3.05) is 0 Å². The van der Waals surface area contributed by atoms with Crippen LogP contribution in [0.3, 0.4) is 0 Å². The predicted octanol–water partition coefficient (Wildman–Crippen LogP) is 11.9. The monoisotopic (exact) mass is 625 g/mol. The van der Waals surface area contributed by atoms with Crippen LogP contribution in [0.25, 0.3) is 99.5 Å². The summed E-state index contributed by atoms with van der Waals surface area (Å²) < 4.78 is 6.38. The van der Waals surface area contributed by atoms with Crippen molar-refractivity contribution in [2.24, 2.45) is 0 Å². The Kier molecular flexibility index (Phi) is 6.15. The summed E-state index contributed by atoms with van der Waals surface area (Å²) in [6.07, 6.45) is 0. The van der Waals surface area contributed by atoms with E-state index in [0.717, 1.165) is 49.8 Å². The van der Waals surface area contributed by atoms with Crippen LogP contribution >= 0.6 is 0 Å². The smallest absolute Gasteiger partial charge is 0.164 e. The van der Waals surface area contributed by atoms with Crippen molar-refractivity contribution in [2.45, 2.75) is 0 Å². The SMILES string of the molecule is c1ccc(-c2ccc3oc4cccc(-c5nc(-c6ccccc6)nc(-c6ccc7ccc8c9ccccc9ccc8c7c6)n5)c4c3c2)cc1. The molecule has 2 heterocycles. The molecular formula is C45H27N3O. The highest BCUT2D eigenvalue weighted by Crippen LogP contribution is 2.39. The molecule has 2 aromatic heterocycles. The zero-order valence-electron chi connectivity index (χ0n) is 26.3. The van der Waals surface area contributed by atoms with Gasteiger partial charge in [-0.2, -0.15) is 0 Å². The van der Waals surface area contributed by atoms with E-state index >= 15 is 0 Å². The zero-order valence-corrected chi connectivity index (χ0v) is 26.3. The minimum atomic E-state index is 0.603. The summed E-state index contributed by atoms with van der Waals surface area (Å²) in [5, 5.41) is 9.28. The summed E-state index contributed by atoms with van der Waals surface area (Å²) in [5.74, 6) is 1.85. The molecule has 0 unspecified atom stereocenters. The molecule has 0 aliphatic carbocycles. The van der Waals surface area contributed by atoms with Crippen LogP contribution in [0.15, 0.2) is 168 Å². The topological polar surface area (TPSA) is 51.8 Å². The van der Waals surface area contributed by atoms with E-state index in [1.54, 1.807) is 0 Å². The van der Waals surface area contributed by atoms with Crippen LogP contribution in [0.1, 0.15) is 0 Å². The molecule has 0 spiro atoms. The second kappa shape index (κ2) is 11.0. The van der Waals surface area contributed by atoms with Gasteiger partial charge in [-0.15, -0.1) is 0 Å². The van der Waals surface area contributed by atoms with Gasteiger partial charge in [-0.3, -0.25) is 0 Å². The van der Waals surface area contributed by atoms with Crippen molar-refractivity contribution in [1.82, 2.24) is 15.0 Å². The van der Waals surface area contributed by atoms with Crippen molar-refractivity contribution in [3.8, 4) is 45.3 Å². The first-order valence-electron chi connectivity index (χ1n) is 16.4. The molecule has 228 valence electrons. The Hall–Kier alpha value is -6.65. The van der Waals surface area contributed by atoms with Crippen LogP contribution in [-0.4, -0.2) is 15.0 Å². The number of nitrogens with zero attached hydrogens (tertiary/aromatic N) is 3. The quantitative estimate of drug-likeness (QED) is 0.183. The first kappa shape index (κ1) is 27.5. The van der Waals surface area contributed by atoms with E-state index in [2.05, 4.69) is 115 Å². The van der Waals surface area contributed by atoms with Crippen LogP contribution in [-0.2, 0) is 0 Å². The molecule has 0 saturated carbocycles. The van der Waals surface area contributed by atoms with Gasteiger partial charge in [-0.1, -0.05) is 140 Å². The molecule has 4 heteroatoms. The fourth-order valence-electron chi connectivity index (χ4n) is 7.12. The van der Waals surface area contributed by atoms with Gasteiger partial charge in [0.2, 0.25) is 0 Å². The Labute approximate surface area is 282 Å². The molecular weight excluding hydrogens is 599 g/mol. The number of benzene rings is 8. The maximum atomic E-state index is 6.38. The Morgan fingerprint density at radius 3 is 1.76 bits per heavy atom. The first-order chi connectivity index (χ1) is 24.3. The van der Waals surface area contributed by atoms with Gasteiger partial charge in [0.25, 0.3) is 0 Å². The average Bonchev–Trinajstić information content (AvgIpc) is 3.56. The molecule has 0 atom stereocenters. The summed E-state index contributed by atoms with van der Waals surface area (Å²) >= 11 is 0. The van der Waals surface area contributed by atoms with Gasteiger partial charge in [0.15, 0.2) is 17.5 Å². The molecule has 0 fully saturated rings. The lowest BCUT2D eigenvalue weighted by Gasteiger charge is -2.11. The molecule has 10 aromatic rings. The van der Waals surface area contributed by atoms with Crippen molar-refractivity contribution in [3.05, 3.63) is 164 Å². The fraction of sp³-hybridized carbons (Fsp3) is 0. The molecule has 8 aromatic carbocycles. The molecule has 0 N–H and O–H groups in total. The summed E-state index contributed by atoms with van der Waals surface area (Å²) in [5.41, 5.74) is 6.68. The third kappa shape index (κ3) is 4.57. The van der Waals surface area contributed by atoms with Crippen LogP contribution in [0, 0.1) is 0 Å². The minimum absolute atomic E-state index is 0.603. The number of rotatable bonds is 4. The second-order valence-corrected chi connectivity index (χ2v) is 12.4. The third-order valence-corrected chi connectivity index (χ3v) is 9.51. The highest BCUT2D eigenvalue weighted by Gasteiger charge is 2.19. The molecule has 49 heavy (non-hydrogen) atoms. The summed E-state index contributed by atoms with van der Waals surface area (Å²) in [6, 6.07) is 56.9. The molecule has 0 bridgehead atoms. The number of furan rings is 1. The lowest BCUT2D eigenvalue weighted by Crippen LogP contribution is -2.00. The van der Waals surface area contributed by atoms with Gasteiger partial charge in [0.05, 0.1) is 0 Å². The van der Waals surface area contributed by atoms with Crippen LogP contribution < -0.4 is 0 Å². The minimum Gasteiger partial charge on any atom is -0.456 e. The molecule has 0 radical (unpaired) electrons. The Morgan fingerprint density at radius 2 is 0.939 bits per heavy atom. The molecule has 0 saturated heterocycles. The first-order valence-corrected chi connectivity index (χ1v) is 16.4. The zero-order chi connectivity index (χ0) is 32.3. The highest BCUT2D eigenvalue weighted by atomic mass is 16.3. The van der Waals surface area contributed by atoms with Crippen LogP contribution in [0.2, 0.25) is 0 Å². The number of fused-ring (bicyclic) bond motifs is 8. The van der Waals surface area contributed by atoms with Crippen molar-refractivity contribution < 1.29 is 4.42 Å². The van der Waals surface area contributed by atoms with Gasteiger partial charge >= 0.3 is 0 Å². The van der Waals surface area contributed by atoms with E-state index in [1.165, 1.54) is 32.3 Å². The average molecular weight is 626 g/mol. The molecule has 4 nitrogen and oxygen atoms in total. The van der Waals surface area contributed by atoms with Crippen molar-refractivity contribution in [3.63, 3.8) is 0 Å². The van der Waals surface area contributed by atoms with E-state index in [-0.39, 0.29) is 0 Å². The van der Waals surface area contributed by atoms with E-state index < -0.39 is 0 Å². The lowest BCUT2D eigenvalue weighted by atomic mass is 9.96. The van der Waals surface area contributed by atoms with E-state index in [9.17, 15) is 0 Å². The summed E-state index contributed by atoms with van der Waals surface area (Å²) in [6.45, 7) is 0. The maximum absolute atomic E-state index is 6.38. The Bertz CT molecular complexity index is 2880. The van der Waals surface area contributed by atoms with Crippen molar-refractivity contribution in [1.29, 1.82) is 0 Å².